The van der Waals surface area contributed by atoms with Gasteiger partial charge in [0.1, 0.15) is 11.6 Å². The van der Waals surface area contributed by atoms with Crippen LogP contribution in [0.5, 0.6) is 0 Å². The summed E-state index contributed by atoms with van der Waals surface area (Å²) in [6.07, 6.45) is 0. The van der Waals surface area contributed by atoms with E-state index in [1.165, 1.54) is 16.8 Å². The first-order valence-electron chi connectivity index (χ1n) is 8.81. The molecule has 2 N–H and O–H groups in total. The summed E-state index contributed by atoms with van der Waals surface area (Å²) in [6, 6.07) is 22.9. The number of H-pyrrole nitrogens is 1. The van der Waals surface area contributed by atoms with Gasteiger partial charge in [-0.25, -0.2) is 14.1 Å². The molecule has 5 rings (SSSR count). The maximum atomic E-state index is 13.3. The van der Waals surface area contributed by atoms with Crippen LogP contribution in [0.15, 0.2) is 83.7 Å². The second-order valence-electron chi connectivity index (χ2n) is 6.48. The molecule has 5 nitrogen and oxygen atoms in total. The molecule has 0 fully saturated rings. The lowest BCUT2D eigenvalue weighted by molar-refractivity contribution is 0.628. The molecule has 0 unspecified atom stereocenters. The minimum Gasteiger partial charge on any atom is -0.338 e. The normalized spacial score (nSPS) is 11.2. The van der Waals surface area contributed by atoms with E-state index in [1.54, 1.807) is 12.1 Å². The van der Waals surface area contributed by atoms with Crippen molar-refractivity contribution in [3.63, 3.8) is 0 Å². The highest BCUT2D eigenvalue weighted by atomic mass is 19.1. The zero-order valence-electron chi connectivity index (χ0n) is 14.7. The summed E-state index contributed by atoms with van der Waals surface area (Å²) in [7, 11) is 0. The van der Waals surface area contributed by atoms with Gasteiger partial charge in [0.15, 0.2) is 0 Å². The van der Waals surface area contributed by atoms with Crippen LogP contribution in [0.2, 0.25) is 0 Å². The predicted octanol–water partition coefficient (Wildman–Crippen LogP) is 4.56. The zero-order chi connectivity index (χ0) is 19.1. The zero-order valence-corrected chi connectivity index (χ0v) is 14.7. The Kier molecular flexibility index (Phi) is 3.69. The number of anilines is 1. The third-order valence-electron chi connectivity index (χ3n) is 4.64. The lowest BCUT2D eigenvalue weighted by atomic mass is 10.1. The molecule has 0 aliphatic carbocycles. The molecule has 3 aromatic carbocycles. The first-order chi connectivity index (χ1) is 13.7. The summed E-state index contributed by atoms with van der Waals surface area (Å²) in [5.74, 6) is 0.172. The van der Waals surface area contributed by atoms with Gasteiger partial charge in [0.25, 0.3) is 5.56 Å². The molecule has 0 amide bonds. The Morgan fingerprint density at radius 2 is 1.68 bits per heavy atom. The molecule has 2 aromatic heterocycles. The van der Waals surface area contributed by atoms with Crippen molar-refractivity contribution in [2.75, 3.05) is 5.43 Å². The van der Waals surface area contributed by atoms with Gasteiger partial charge < -0.3 is 4.98 Å². The molecule has 0 aliphatic heterocycles. The minimum atomic E-state index is -0.334. The van der Waals surface area contributed by atoms with E-state index < -0.39 is 0 Å². The van der Waals surface area contributed by atoms with E-state index in [4.69, 9.17) is 0 Å². The standard InChI is InChI=1S/C22H15FN4O/c23-15-9-11-16(12-10-15)26-27-20-8-4-1-5-14(20)13-17(22(27)28)21-24-18-6-2-3-7-19(18)25-21/h1-13,26H,(H,24,25). The molecule has 0 saturated carbocycles. The Morgan fingerprint density at radius 1 is 0.929 bits per heavy atom. The van der Waals surface area contributed by atoms with E-state index in [0.29, 0.717) is 17.1 Å². The summed E-state index contributed by atoms with van der Waals surface area (Å²) in [5.41, 5.74) is 6.27. The van der Waals surface area contributed by atoms with Crippen molar-refractivity contribution >= 4 is 27.6 Å². The van der Waals surface area contributed by atoms with E-state index in [9.17, 15) is 9.18 Å². The van der Waals surface area contributed by atoms with E-state index in [-0.39, 0.29) is 11.4 Å². The largest absolute Gasteiger partial charge is 0.338 e. The quantitative estimate of drug-likeness (QED) is 0.489. The van der Waals surface area contributed by atoms with Gasteiger partial charge >= 0.3 is 0 Å². The Labute approximate surface area is 159 Å². The molecule has 0 saturated heterocycles. The number of para-hydroxylation sites is 3. The number of fused-ring (bicyclic) bond motifs is 2. The number of imidazole rings is 1. The number of nitrogens with one attached hydrogen (secondary N) is 2. The monoisotopic (exact) mass is 370 g/mol. The van der Waals surface area contributed by atoms with Gasteiger partial charge in [0.05, 0.1) is 27.8 Å². The van der Waals surface area contributed by atoms with E-state index >= 15 is 0 Å². The molecule has 28 heavy (non-hydrogen) atoms. The second-order valence-corrected chi connectivity index (χ2v) is 6.48. The van der Waals surface area contributed by atoms with E-state index in [1.807, 2.05) is 54.6 Å². The molecular formula is C22H15FN4O. The molecule has 0 bridgehead atoms. The molecule has 2 heterocycles. The van der Waals surface area contributed by atoms with Crippen LogP contribution in [-0.2, 0) is 0 Å². The SMILES string of the molecule is O=c1c(-c2nc3ccccc3[nH]2)cc2ccccc2n1Nc1ccc(F)cc1. The fraction of sp³-hybridized carbons (Fsp3) is 0. The average Bonchev–Trinajstić information content (AvgIpc) is 3.15. The van der Waals surface area contributed by atoms with Crippen LogP contribution < -0.4 is 11.0 Å². The fourth-order valence-corrected chi connectivity index (χ4v) is 3.27. The van der Waals surface area contributed by atoms with Gasteiger partial charge in [0.2, 0.25) is 0 Å². The third-order valence-corrected chi connectivity index (χ3v) is 4.64. The van der Waals surface area contributed by atoms with Gasteiger partial charge in [-0.3, -0.25) is 10.2 Å². The van der Waals surface area contributed by atoms with Crippen LogP contribution in [-0.4, -0.2) is 14.6 Å². The van der Waals surface area contributed by atoms with Gasteiger partial charge in [-0.15, -0.1) is 0 Å². The van der Waals surface area contributed by atoms with Crippen molar-refractivity contribution in [1.29, 1.82) is 0 Å². The lowest BCUT2D eigenvalue weighted by Gasteiger charge is -2.14. The Hall–Kier alpha value is -3.93. The van der Waals surface area contributed by atoms with Crippen molar-refractivity contribution < 1.29 is 4.39 Å². The highest BCUT2D eigenvalue weighted by Gasteiger charge is 2.14. The summed E-state index contributed by atoms with van der Waals surface area (Å²) in [6.45, 7) is 0. The molecule has 0 aliphatic rings. The van der Waals surface area contributed by atoms with Gasteiger partial charge in [-0.2, -0.15) is 0 Å². The summed E-state index contributed by atoms with van der Waals surface area (Å²) >= 11 is 0. The molecule has 0 atom stereocenters. The first kappa shape index (κ1) is 16.3. The molecule has 5 aromatic rings. The predicted molar refractivity (Wildman–Crippen MR) is 109 cm³/mol. The van der Waals surface area contributed by atoms with Crippen LogP contribution in [0.25, 0.3) is 33.3 Å². The maximum Gasteiger partial charge on any atom is 0.280 e. The van der Waals surface area contributed by atoms with Gasteiger partial charge in [0, 0.05) is 5.39 Å². The topological polar surface area (TPSA) is 62.7 Å². The van der Waals surface area contributed by atoms with Crippen molar-refractivity contribution in [2.45, 2.75) is 0 Å². The molecular weight excluding hydrogens is 355 g/mol. The maximum absolute atomic E-state index is 13.3. The summed E-state index contributed by atoms with van der Waals surface area (Å²) in [4.78, 5) is 21.1. The van der Waals surface area contributed by atoms with Crippen LogP contribution in [0.1, 0.15) is 0 Å². The van der Waals surface area contributed by atoms with E-state index in [0.717, 1.165) is 21.9 Å². The minimum absolute atomic E-state index is 0.248. The van der Waals surface area contributed by atoms with Crippen LogP contribution >= 0.6 is 0 Å². The smallest absolute Gasteiger partial charge is 0.280 e. The Bertz CT molecular complexity index is 1340. The van der Waals surface area contributed by atoms with Crippen molar-refractivity contribution in [3.8, 4) is 11.4 Å². The number of pyridine rings is 1. The average molecular weight is 370 g/mol. The van der Waals surface area contributed by atoms with Gasteiger partial charge in [-0.1, -0.05) is 30.3 Å². The second kappa shape index (κ2) is 6.35. The highest BCUT2D eigenvalue weighted by Crippen LogP contribution is 2.22. The van der Waals surface area contributed by atoms with E-state index in [2.05, 4.69) is 15.4 Å². The number of rotatable bonds is 3. The number of halogens is 1. The summed E-state index contributed by atoms with van der Waals surface area (Å²) in [5, 5.41) is 0.882. The van der Waals surface area contributed by atoms with Crippen LogP contribution in [0.3, 0.4) is 0 Å². The number of nitrogens with zero attached hydrogens (tertiary/aromatic N) is 2. The number of aromatic amines is 1. The number of aromatic nitrogens is 3. The fourth-order valence-electron chi connectivity index (χ4n) is 3.27. The Morgan fingerprint density at radius 3 is 2.50 bits per heavy atom. The molecule has 0 radical (unpaired) electrons. The van der Waals surface area contributed by atoms with Crippen molar-refractivity contribution in [3.05, 3.63) is 95.0 Å². The lowest BCUT2D eigenvalue weighted by Crippen LogP contribution is -2.28. The highest BCUT2D eigenvalue weighted by molar-refractivity contribution is 5.85. The van der Waals surface area contributed by atoms with Gasteiger partial charge in [-0.05, 0) is 48.5 Å². The van der Waals surface area contributed by atoms with Crippen molar-refractivity contribution in [2.24, 2.45) is 0 Å². The molecule has 0 spiro atoms. The number of benzene rings is 3. The molecule has 136 valence electrons. The van der Waals surface area contributed by atoms with Crippen LogP contribution in [0.4, 0.5) is 10.1 Å². The van der Waals surface area contributed by atoms with Crippen molar-refractivity contribution in [1.82, 2.24) is 14.6 Å². The van der Waals surface area contributed by atoms with Crippen LogP contribution in [0, 0.1) is 5.82 Å². The number of hydrogen-bond acceptors (Lipinski definition) is 3. The third kappa shape index (κ3) is 2.72. The summed E-state index contributed by atoms with van der Waals surface area (Å²) < 4.78 is 14.7. The first-order valence-corrected chi connectivity index (χ1v) is 8.81. The number of hydrogen-bond donors (Lipinski definition) is 2. The Balaban J connectivity index is 1.73. The molecule has 6 heteroatoms.